The smallest absolute Gasteiger partial charge is 0.311 e. The van der Waals surface area contributed by atoms with Crippen molar-refractivity contribution in [2.45, 2.75) is 6.42 Å². The number of ether oxygens (including phenoxy) is 2. The maximum Gasteiger partial charge on any atom is 0.311 e. The van der Waals surface area contributed by atoms with E-state index >= 15 is 0 Å². The predicted molar refractivity (Wildman–Crippen MR) is 99.4 cm³/mol. The van der Waals surface area contributed by atoms with Crippen LogP contribution in [0.15, 0.2) is 48.5 Å². The van der Waals surface area contributed by atoms with Crippen LogP contribution in [0.25, 0.3) is 0 Å². The van der Waals surface area contributed by atoms with Crippen molar-refractivity contribution in [3.05, 3.63) is 54.3 Å². The quantitative estimate of drug-likeness (QED) is 0.771. The Balaban J connectivity index is 1.51. The Bertz CT molecular complexity index is 884. The molecule has 0 unspecified atom stereocenters. The second kappa shape index (κ2) is 8.51. The number of para-hydroxylation sites is 1. The van der Waals surface area contributed by atoms with Gasteiger partial charge in [0, 0.05) is 18.7 Å². The molecule has 2 amide bonds. The standard InChI is InChI=1S/C20H19FN2O5/c1-27-15-8-6-14(7-9-15)22-18(24)12-28-20(26)13-10-19(25)23(11-13)17-5-3-2-4-16(17)21/h2-9,13H,10-12H2,1H3,(H,22,24)/t13-/m0/s1. The van der Waals surface area contributed by atoms with E-state index in [9.17, 15) is 18.8 Å². The molecule has 7 nitrogen and oxygen atoms in total. The number of halogens is 1. The summed E-state index contributed by atoms with van der Waals surface area (Å²) in [4.78, 5) is 37.5. The van der Waals surface area contributed by atoms with Crippen molar-refractivity contribution in [2.75, 3.05) is 30.5 Å². The third kappa shape index (κ3) is 4.46. The van der Waals surface area contributed by atoms with Crippen LogP contribution in [0.1, 0.15) is 6.42 Å². The average molecular weight is 386 g/mol. The summed E-state index contributed by atoms with van der Waals surface area (Å²) >= 11 is 0. The van der Waals surface area contributed by atoms with Crippen molar-refractivity contribution in [1.82, 2.24) is 0 Å². The molecule has 0 bridgehead atoms. The number of anilines is 2. The minimum absolute atomic E-state index is 0.0126. The van der Waals surface area contributed by atoms with Gasteiger partial charge in [0.2, 0.25) is 5.91 Å². The molecule has 0 radical (unpaired) electrons. The van der Waals surface area contributed by atoms with Gasteiger partial charge in [-0.05, 0) is 36.4 Å². The number of hydrogen-bond acceptors (Lipinski definition) is 5. The molecule has 2 aromatic rings. The molecule has 3 rings (SSSR count). The van der Waals surface area contributed by atoms with Gasteiger partial charge in [0.1, 0.15) is 11.6 Å². The van der Waals surface area contributed by atoms with E-state index in [1.54, 1.807) is 30.3 Å². The lowest BCUT2D eigenvalue weighted by Crippen LogP contribution is -2.28. The Hall–Kier alpha value is -3.42. The van der Waals surface area contributed by atoms with Gasteiger partial charge in [-0.2, -0.15) is 0 Å². The Morgan fingerprint density at radius 2 is 1.89 bits per heavy atom. The van der Waals surface area contributed by atoms with Crippen LogP contribution in [0.4, 0.5) is 15.8 Å². The largest absolute Gasteiger partial charge is 0.497 e. The average Bonchev–Trinajstić information content (AvgIpc) is 3.08. The Labute approximate surface area is 161 Å². The van der Waals surface area contributed by atoms with Crippen LogP contribution in [0.3, 0.4) is 0 Å². The highest BCUT2D eigenvalue weighted by Crippen LogP contribution is 2.27. The summed E-state index contributed by atoms with van der Waals surface area (Å²) in [5.41, 5.74) is 0.656. The molecule has 0 saturated carbocycles. The number of nitrogens with one attached hydrogen (secondary N) is 1. The fraction of sp³-hybridized carbons (Fsp3) is 0.250. The molecular formula is C20H19FN2O5. The molecule has 1 heterocycles. The zero-order valence-electron chi connectivity index (χ0n) is 15.2. The summed E-state index contributed by atoms with van der Waals surface area (Å²) in [6.07, 6.45) is -0.0900. The van der Waals surface area contributed by atoms with Crippen molar-refractivity contribution < 1.29 is 28.2 Å². The van der Waals surface area contributed by atoms with Crippen LogP contribution in [0.2, 0.25) is 0 Å². The van der Waals surface area contributed by atoms with Gasteiger partial charge in [-0.1, -0.05) is 12.1 Å². The summed E-state index contributed by atoms with van der Waals surface area (Å²) in [6.45, 7) is -0.464. The molecule has 1 aliphatic rings. The number of rotatable bonds is 6. The molecule has 1 N–H and O–H groups in total. The van der Waals surface area contributed by atoms with Crippen LogP contribution in [0, 0.1) is 11.7 Å². The fourth-order valence-electron chi connectivity index (χ4n) is 2.89. The van der Waals surface area contributed by atoms with E-state index in [2.05, 4.69) is 5.32 Å². The van der Waals surface area contributed by atoms with Gasteiger partial charge in [-0.3, -0.25) is 14.4 Å². The third-order valence-electron chi connectivity index (χ3n) is 4.32. The lowest BCUT2D eigenvalue weighted by molar-refractivity contribution is -0.151. The maximum absolute atomic E-state index is 13.9. The normalized spacial score (nSPS) is 16.0. The van der Waals surface area contributed by atoms with Crippen molar-refractivity contribution >= 4 is 29.2 Å². The minimum Gasteiger partial charge on any atom is -0.497 e. The highest BCUT2D eigenvalue weighted by molar-refractivity contribution is 6.00. The van der Waals surface area contributed by atoms with E-state index in [1.807, 2.05) is 0 Å². The Morgan fingerprint density at radius 1 is 1.18 bits per heavy atom. The molecule has 1 fully saturated rings. The van der Waals surface area contributed by atoms with E-state index in [4.69, 9.17) is 9.47 Å². The van der Waals surface area contributed by atoms with E-state index in [0.29, 0.717) is 11.4 Å². The van der Waals surface area contributed by atoms with E-state index in [1.165, 1.54) is 30.2 Å². The first-order chi connectivity index (χ1) is 13.5. The number of benzene rings is 2. The molecule has 1 aliphatic heterocycles. The van der Waals surface area contributed by atoms with Crippen LogP contribution in [0.5, 0.6) is 5.75 Å². The predicted octanol–water partition coefficient (Wildman–Crippen LogP) is 2.37. The first kappa shape index (κ1) is 19.3. The van der Waals surface area contributed by atoms with E-state index in [0.717, 1.165) is 0 Å². The topological polar surface area (TPSA) is 84.9 Å². The lowest BCUT2D eigenvalue weighted by Gasteiger charge is -2.17. The number of esters is 1. The summed E-state index contributed by atoms with van der Waals surface area (Å²) in [5.74, 6) is -2.18. The summed E-state index contributed by atoms with van der Waals surface area (Å²) < 4.78 is 23.9. The first-order valence-corrected chi connectivity index (χ1v) is 8.63. The van der Waals surface area contributed by atoms with E-state index in [-0.39, 0.29) is 24.6 Å². The van der Waals surface area contributed by atoms with Gasteiger partial charge in [0.15, 0.2) is 6.61 Å². The van der Waals surface area contributed by atoms with Gasteiger partial charge >= 0.3 is 5.97 Å². The molecule has 0 aliphatic carbocycles. The number of amides is 2. The van der Waals surface area contributed by atoms with Gasteiger partial charge in [-0.25, -0.2) is 4.39 Å². The van der Waals surface area contributed by atoms with Gasteiger partial charge in [0.05, 0.1) is 18.7 Å². The number of carbonyl (C=O) groups is 3. The first-order valence-electron chi connectivity index (χ1n) is 8.63. The molecule has 1 saturated heterocycles. The molecule has 0 aromatic heterocycles. The highest BCUT2D eigenvalue weighted by Gasteiger charge is 2.37. The van der Waals surface area contributed by atoms with Crippen molar-refractivity contribution in [3.63, 3.8) is 0 Å². The number of hydrogen-bond donors (Lipinski definition) is 1. The molecule has 0 spiro atoms. The zero-order valence-corrected chi connectivity index (χ0v) is 15.2. The van der Waals surface area contributed by atoms with Crippen LogP contribution >= 0.6 is 0 Å². The lowest BCUT2D eigenvalue weighted by atomic mass is 10.1. The Morgan fingerprint density at radius 3 is 2.57 bits per heavy atom. The molecule has 146 valence electrons. The van der Waals surface area contributed by atoms with Crippen molar-refractivity contribution in [3.8, 4) is 5.75 Å². The van der Waals surface area contributed by atoms with Crippen molar-refractivity contribution in [2.24, 2.45) is 5.92 Å². The summed E-state index contributed by atoms with van der Waals surface area (Å²) in [5, 5.41) is 2.59. The number of carbonyl (C=O) groups excluding carboxylic acids is 3. The molecule has 1 atom stereocenters. The van der Waals surface area contributed by atoms with Gasteiger partial charge in [0.25, 0.3) is 5.91 Å². The second-order valence-electron chi connectivity index (χ2n) is 6.24. The molecule has 28 heavy (non-hydrogen) atoms. The SMILES string of the molecule is COc1ccc(NC(=O)COC(=O)[C@H]2CC(=O)N(c3ccccc3F)C2)cc1. The summed E-state index contributed by atoms with van der Waals surface area (Å²) in [6, 6.07) is 12.5. The number of methoxy groups -OCH3 is 1. The Kier molecular flexibility index (Phi) is 5.88. The highest BCUT2D eigenvalue weighted by atomic mass is 19.1. The van der Waals surface area contributed by atoms with Gasteiger partial charge in [-0.15, -0.1) is 0 Å². The van der Waals surface area contributed by atoms with Crippen LogP contribution < -0.4 is 15.0 Å². The monoisotopic (exact) mass is 386 g/mol. The van der Waals surface area contributed by atoms with Crippen LogP contribution in [-0.2, 0) is 19.1 Å². The van der Waals surface area contributed by atoms with Crippen molar-refractivity contribution in [1.29, 1.82) is 0 Å². The molecular weight excluding hydrogens is 367 g/mol. The fourth-order valence-corrected chi connectivity index (χ4v) is 2.89. The van der Waals surface area contributed by atoms with Crippen LogP contribution in [-0.4, -0.2) is 38.0 Å². The second-order valence-corrected chi connectivity index (χ2v) is 6.24. The van der Waals surface area contributed by atoms with Gasteiger partial charge < -0.3 is 19.7 Å². The minimum atomic E-state index is -0.749. The maximum atomic E-state index is 13.9. The van der Waals surface area contributed by atoms with E-state index < -0.39 is 30.2 Å². The third-order valence-corrected chi connectivity index (χ3v) is 4.32. The zero-order chi connectivity index (χ0) is 20.1. The number of nitrogens with zero attached hydrogens (tertiary/aromatic N) is 1. The summed E-state index contributed by atoms with van der Waals surface area (Å²) in [7, 11) is 1.54. The molecule has 2 aromatic carbocycles. The molecule has 8 heteroatoms.